The molecule has 1 aromatic carbocycles. The smallest absolute Gasteiger partial charge is 0.306 e. The van der Waals surface area contributed by atoms with Crippen LogP contribution in [0.15, 0.2) is 12.1 Å². The van der Waals surface area contributed by atoms with Crippen molar-refractivity contribution >= 4 is 5.97 Å². The summed E-state index contributed by atoms with van der Waals surface area (Å²) in [5.74, 6) is 1.34. The molecule has 1 atom stereocenters. The first-order valence-electron chi connectivity index (χ1n) is 8.87. The van der Waals surface area contributed by atoms with Gasteiger partial charge in [0.25, 0.3) is 0 Å². The molecule has 142 valence electrons. The van der Waals surface area contributed by atoms with Gasteiger partial charge >= 0.3 is 5.97 Å². The molecule has 1 aromatic rings. The second-order valence-electron chi connectivity index (χ2n) is 8.47. The molecular weight excluding hydrogens is 316 g/mol. The minimum Gasteiger partial charge on any atom is -0.496 e. The minimum atomic E-state index is -0.183. The van der Waals surface area contributed by atoms with Gasteiger partial charge in [-0.1, -0.05) is 41.5 Å². The molecule has 1 unspecified atom stereocenters. The Balaban J connectivity index is 3.54. The van der Waals surface area contributed by atoms with Crippen LogP contribution < -0.4 is 9.47 Å². The minimum absolute atomic E-state index is 0.0199. The topological polar surface area (TPSA) is 44.8 Å². The maximum atomic E-state index is 12.2. The molecule has 0 aliphatic carbocycles. The van der Waals surface area contributed by atoms with E-state index in [1.165, 1.54) is 0 Å². The van der Waals surface area contributed by atoms with Crippen LogP contribution in [-0.2, 0) is 14.9 Å². The summed E-state index contributed by atoms with van der Waals surface area (Å²) >= 11 is 0. The maximum absolute atomic E-state index is 12.2. The van der Waals surface area contributed by atoms with E-state index < -0.39 is 0 Å². The molecule has 0 radical (unpaired) electrons. The summed E-state index contributed by atoms with van der Waals surface area (Å²) in [6.45, 7) is 15.1. The van der Waals surface area contributed by atoms with E-state index in [-0.39, 0.29) is 22.7 Å². The summed E-state index contributed by atoms with van der Waals surface area (Å²) in [6.07, 6.45) is 0.323. The first-order valence-corrected chi connectivity index (χ1v) is 8.87. The number of esters is 1. The third-order valence-electron chi connectivity index (χ3n) is 4.46. The molecule has 4 heteroatoms. The van der Waals surface area contributed by atoms with Crippen LogP contribution in [-0.4, -0.2) is 26.8 Å². The number of carbonyl (C=O) groups is 1. The lowest BCUT2D eigenvalue weighted by molar-refractivity contribution is -0.144. The number of methoxy groups -OCH3 is 2. The number of ether oxygens (including phenoxy) is 3. The van der Waals surface area contributed by atoms with Gasteiger partial charge in [-0.3, -0.25) is 4.79 Å². The van der Waals surface area contributed by atoms with Gasteiger partial charge in [-0.25, -0.2) is 0 Å². The van der Waals surface area contributed by atoms with Crippen LogP contribution in [0, 0.1) is 5.41 Å². The molecule has 0 amide bonds. The molecule has 0 spiro atoms. The monoisotopic (exact) mass is 350 g/mol. The lowest BCUT2D eigenvalue weighted by Gasteiger charge is -2.33. The van der Waals surface area contributed by atoms with Crippen molar-refractivity contribution in [1.29, 1.82) is 0 Å². The van der Waals surface area contributed by atoms with Crippen LogP contribution in [0.4, 0.5) is 0 Å². The zero-order valence-corrected chi connectivity index (χ0v) is 17.3. The van der Waals surface area contributed by atoms with Crippen molar-refractivity contribution in [2.45, 2.75) is 66.2 Å². The predicted octanol–water partition coefficient (Wildman–Crippen LogP) is 5.08. The van der Waals surface area contributed by atoms with Gasteiger partial charge in [0.1, 0.15) is 11.5 Å². The van der Waals surface area contributed by atoms with Gasteiger partial charge in [0, 0.05) is 17.5 Å². The fourth-order valence-electron chi connectivity index (χ4n) is 3.05. The lowest BCUT2D eigenvalue weighted by Crippen LogP contribution is -2.24. The maximum Gasteiger partial charge on any atom is 0.306 e. The highest BCUT2D eigenvalue weighted by Gasteiger charge is 2.33. The number of carbonyl (C=O) groups excluding carboxylic acids is 1. The van der Waals surface area contributed by atoms with Gasteiger partial charge in [-0.05, 0) is 29.4 Å². The second kappa shape index (κ2) is 8.11. The Kier molecular flexibility index (Phi) is 6.92. The highest BCUT2D eigenvalue weighted by Crippen LogP contribution is 2.46. The number of hydrogen-bond acceptors (Lipinski definition) is 4. The molecule has 4 nitrogen and oxygen atoms in total. The first-order chi connectivity index (χ1) is 11.5. The standard InChI is InChI=1S/C21H34O4/c1-10-25-19(22)12-15(20(2,3)4)14-11-16(21(5,6)7)18(24-9)13-17(14)23-8/h11,13,15H,10,12H2,1-9H3. The van der Waals surface area contributed by atoms with Crippen molar-refractivity contribution < 1.29 is 19.0 Å². The summed E-state index contributed by atoms with van der Waals surface area (Å²) in [7, 11) is 3.32. The van der Waals surface area contributed by atoms with Gasteiger partial charge < -0.3 is 14.2 Å². The molecule has 0 saturated carbocycles. The molecule has 0 aromatic heterocycles. The van der Waals surface area contributed by atoms with Crippen LogP contribution in [0.1, 0.15) is 71.9 Å². The molecule has 0 fully saturated rings. The molecule has 0 aliphatic heterocycles. The van der Waals surface area contributed by atoms with E-state index >= 15 is 0 Å². The third kappa shape index (κ3) is 5.38. The Morgan fingerprint density at radius 3 is 1.96 bits per heavy atom. The van der Waals surface area contributed by atoms with E-state index in [0.717, 1.165) is 22.6 Å². The summed E-state index contributed by atoms with van der Waals surface area (Å²) in [5, 5.41) is 0. The summed E-state index contributed by atoms with van der Waals surface area (Å²) in [4.78, 5) is 12.2. The van der Waals surface area contributed by atoms with Gasteiger partial charge in [0.05, 0.1) is 27.2 Å². The van der Waals surface area contributed by atoms with E-state index in [1.54, 1.807) is 14.2 Å². The van der Waals surface area contributed by atoms with Crippen molar-refractivity contribution in [1.82, 2.24) is 0 Å². The number of rotatable bonds is 6. The molecule has 0 heterocycles. The second-order valence-corrected chi connectivity index (χ2v) is 8.47. The van der Waals surface area contributed by atoms with E-state index in [1.807, 2.05) is 13.0 Å². The Morgan fingerprint density at radius 1 is 1.00 bits per heavy atom. The molecule has 0 aliphatic rings. The van der Waals surface area contributed by atoms with Crippen LogP contribution in [0.25, 0.3) is 0 Å². The van der Waals surface area contributed by atoms with Crippen molar-refractivity contribution in [3.8, 4) is 11.5 Å². The van der Waals surface area contributed by atoms with Crippen molar-refractivity contribution in [2.75, 3.05) is 20.8 Å². The largest absolute Gasteiger partial charge is 0.496 e. The number of benzene rings is 1. The van der Waals surface area contributed by atoms with Gasteiger partial charge in [0.2, 0.25) is 0 Å². The highest BCUT2D eigenvalue weighted by molar-refractivity contribution is 5.71. The molecule has 0 saturated heterocycles. The van der Waals surface area contributed by atoms with Crippen LogP contribution in [0.5, 0.6) is 11.5 Å². The van der Waals surface area contributed by atoms with Gasteiger partial charge in [0.15, 0.2) is 0 Å². The van der Waals surface area contributed by atoms with E-state index in [4.69, 9.17) is 14.2 Å². The molecule has 0 N–H and O–H groups in total. The van der Waals surface area contributed by atoms with E-state index in [9.17, 15) is 4.79 Å². The molecule has 1 rings (SSSR count). The average Bonchev–Trinajstić information content (AvgIpc) is 2.49. The Hall–Kier alpha value is -1.71. The molecule has 25 heavy (non-hydrogen) atoms. The van der Waals surface area contributed by atoms with Crippen LogP contribution in [0.3, 0.4) is 0 Å². The molecular formula is C21H34O4. The predicted molar refractivity (Wildman–Crippen MR) is 102 cm³/mol. The van der Waals surface area contributed by atoms with Crippen LogP contribution in [0.2, 0.25) is 0 Å². The summed E-state index contributed by atoms with van der Waals surface area (Å²) in [6, 6.07) is 4.06. The third-order valence-corrected chi connectivity index (χ3v) is 4.46. The zero-order chi connectivity index (χ0) is 19.4. The van der Waals surface area contributed by atoms with Crippen molar-refractivity contribution in [2.24, 2.45) is 5.41 Å². The lowest BCUT2D eigenvalue weighted by atomic mass is 9.72. The highest BCUT2D eigenvalue weighted by atomic mass is 16.5. The quantitative estimate of drug-likeness (QED) is 0.671. The van der Waals surface area contributed by atoms with E-state index in [0.29, 0.717) is 13.0 Å². The number of hydrogen-bond donors (Lipinski definition) is 0. The Bertz CT molecular complexity index is 591. The van der Waals surface area contributed by atoms with Crippen molar-refractivity contribution in [3.05, 3.63) is 23.3 Å². The van der Waals surface area contributed by atoms with Gasteiger partial charge in [-0.2, -0.15) is 0 Å². The average molecular weight is 350 g/mol. The summed E-state index contributed by atoms with van der Waals surface area (Å²) < 4.78 is 16.4. The Labute approximate surface area is 152 Å². The SMILES string of the molecule is CCOC(=O)CC(c1cc(C(C)(C)C)c(OC)cc1OC)C(C)(C)C. The molecule has 0 bridgehead atoms. The summed E-state index contributed by atoms with van der Waals surface area (Å²) in [5.41, 5.74) is 1.92. The van der Waals surface area contributed by atoms with E-state index in [2.05, 4.69) is 47.6 Å². The Morgan fingerprint density at radius 2 is 1.56 bits per heavy atom. The fraction of sp³-hybridized carbons (Fsp3) is 0.667. The zero-order valence-electron chi connectivity index (χ0n) is 17.3. The fourth-order valence-corrected chi connectivity index (χ4v) is 3.05. The first kappa shape index (κ1) is 21.3. The van der Waals surface area contributed by atoms with Crippen molar-refractivity contribution in [3.63, 3.8) is 0 Å². The van der Waals surface area contributed by atoms with Crippen LogP contribution >= 0.6 is 0 Å². The van der Waals surface area contributed by atoms with Gasteiger partial charge in [-0.15, -0.1) is 0 Å². The normalized spacial score (nSPS) is 13.3.